The molecule has 188 valence electrons. The first kappa shape index (κ1) is 26.6. The van der Waals surface area contributed by atoms with Crippen molar-refractivity contribution in [3.05, 3.63) is 111 Å². The molecule has 0 aromatic heterocycles. The van der Waals surface area contributed by atoms with Gasteiger partial charge in [-0.1, -0.05) is 86.6 Å². The number of hydrogen-bond acceptors (Lipinski definition) is 4. The molecule has 1 N–H and O–H groups in total. The van der Waals surface area contributed by atoms with Crippen molar-refractivity contribution in [1.82, 2.24) is 10.2 Å². The van der Waals surface area contributed by atoms with Gasteiger partial charge in [-0.15, -0.1) is 0 Å². The first-order chi connectivity index (χ1) is 17.3. The van der Waals surface area contributed by atoms with Crippen molar-refractivity contribution in [2.45, 2.75) is 46.2 Å². The van der Waals surface area contributed by atoms with Gasteiger partial charge in [0.05, 0.1) is 11.3 Å². The molecule has 0 aliphatic rings. The first-order valence-electron chi connectivity index (χ1n) is 12.1. The predicted molar refractivity (Wildman–Crippen MR) is 140 cm³/mol. The van der Waals surface area contributed by atoms with Crippen LogP contribution >= 0.6 is 0 Å². The number of benzene rings is 3. The summed E-state index contributed by atoms with van der Waals surface area (Å²) < 4.78 is 0. The van der Waals surface area contributed by atoms with E-state index < -0.39 is 11.0 Å². The Labute approximate surface area is 212 Å². The van der Waals surface area contributed by atoms with Crippen LogP contribution in [0.4, 0.5) is 5.69 Å². The Kier molecular flexibility index (Phi) is 9.33. The zero-order chi connectivity index (χ0) is 26.1. The van der Waals surface area contributed by atoms with Crippen molar-refractivity contribution in [3.8, 4) is 0 Å². The highest BCUT2D eigenvalue weighted by atomic mass is 16.6. The van der Waals surface area contributed by atoms with Crippen LogP contribution in [0.1, 0.15) is 36.1 Å². The number of nitro benzene ring substituents is 1. The Morgan fingerprint density at radius 3 is 2.17 bits per heavy atom. The summed E-state index contributed by atoms with van der Waals surface area (Å²) in [5, 5.41) is 14.5. The van der Waals surface area contributed by atoms with Crippen LogP contribution < -0.4 is 5.32 Å². The maximum atomic E-state index is 13.8. The van der Waals surface area contributed by atoms with Crippen LogP contribution in [0.25, 0.3) is 0 Å². The molecule has 7 heteroatoms. The second-order valence-corrected chi connectivity index (χ2v) is 9.36. The monoisotopic (exact) mass is 487 g/mol. The fraction of sp³-hybridized carbons (Fsp3) is 0.310. The third-order valence-electron chi connectivity index (χ3n) is 6.09. The predicted octanol–water partition coefficient (Wildman–Crippen LogP) is 4.86. The third-order valence-corrected chi connectivity index (χ3v) is 6.09. The van der Waals surface area contributed by atoms with Crippen LogP contribution in [-0.4, -0.2) is 34.2 Å². The van der Waals surface area contributed by atoms with Crippen LogP contribution in [0.3, 0.4) is 0 Å². The molecule has 0 saturated heterocycles. The van der Waals surface area contributed by atoms with Crippen molar-refractivity contribution in [1.29, 1.82) is 0 Å². The van der Waals surface area contributed by atoms with E-state index in [-0.39, 0.29) is 36.4 Å². The molecule has 0 aliphatic carbocycles. The molecule has 0 spiro atoms. The molecule has 0 fully saturated rings. The molecule has 0 bridgehead atoms. The highest BCUT2D eigenvalue weighted by Crippen LogP contribution is 2.22. The summed E-state index contributed by atoms with van der Waals surface area (Å²) in [6.07, 6.45) is 0.158. The molecule has 0 heterocycles. The fourth-order valence-corrected chi connectivity index (χ4v) is 4.05. The van der Waals surface area contributed by atoms with Crippen LogP contribution in [-0.2, 0) is 29.0 Å². The maximum absolute atomic E-state index is 13.8. The van der Waals surface area contributed by atoms with Gasteiger partial charge in [-0.25, -0.2) is 0 Å². The minimum Gasteiger partial charge on any atom is -0.354 e. The second kappa shape index (κ2) is 12.6. The smallest absolute Gasteiger partial charge is 0.273 e. The van der Waals surface area contributed by atoms with Gasteiger partial charge in [0.15, 0.2) is 0 Å². The Bertz CT molecular complexity index is 1190. The number of aryl methyl sites for hydroxylation is 1. The Balaban J connectivity index is 2.01. The average molecular weight is 488 g/mol. The summed E-state index contributed by atoms with van der Waals surface area (Å²) >= 11 is 0. The fourth-order valence-electron chi connectivity index (χ4n) is 4.05. The number of nitro groups is 1. The molecule has 3 rings (SSSR count). The number of hydrogen-bond donors (Lipinski definition) is 1. The summed E-state index contributed by atoms with van der Waals surface area (Å²) in [6, 6.07) is 22.8. The largest absolute Gasteiger partial charge is 0.354 e. The number of carbonyl (C=O) groups excluding carboxylic acids is 2. The molecule has 3 aromatic rings. The average Bonchev–Trinajstić information content (AvgIpc) is 2.86. The maximum Gasteiger partial charge on any atom is 0.273 e. The van der Waals surface area contributed by atoms with E-state index in [1.165, 1.54) is 6.07 Å². The van der Waals surface area contributed by atoms with E-state index in [2.05, 4.69) is 5.32 Å². The van der Waals surface area contributed by atoms with E-state index in [1.807, 2.05) is 75.4 Å². The van der Waals surface area contributed by atoms with E-state index in [1.54, 1.807) is 23.1 Å². The van der Waals surface area contributed by atoms with Gasteiger partial charge in [-0.05, 0) is 29.5 Å². The van der Waals surface area contributed by atoms with Crippen molar-refractivity contribution >= 4 is 17.5 Å². The van der Waals surface area contributed by atoms with Crippen molar-refractivity contribution in [2.75, 3.05) is 6.54 Å². The molecule has 1 unspecified atom stereocenters. The van der Waals surface area contributed by atoms with Gasteiger partial charge in [0.2, 0.25) is 11.8 Å². The SMILES string of the molecule is Cc1ccccc1CN(C(=O)Cc1ccccc1[N+](=O)[O-])C(Cc1ccccc1)C(=O)NCC(C)C. The van der Waals surface area contributed by atoms with Crippen LogP contribution in [0.15, 0.2) is 78.9 Å². The van der Waals surface area contributed by atoms with Gasteiger partial charge in [0.1, 0.15) is 6.04 Å². The molecule has 0 radical (unpaired) electrons. The number of rotatable bonds is 11. The van der Waals surface area contributed by atoms with Gasteiger partial charge < -0.3 is 10.2 Å². The number of nitrogens with one attached hydrogen (secondary N) is 1. The number of nitrogens with zero attached hydrogens (tertiary/aromatic N) is 2. The lowest BCUT2D eigenvalue weighted by atomic mass is 10.00. The van der Waals surface area contributed by atoms with Crippen LogP contribution in [0, 0.1) is 23.0 Å². The van der Waals surface area contributed by atoms with E-state index in [0.29, 0.717) is 18.5 Å². The lowest BCUT2D eigenvalue weighted by molar-refractivity contribution is -0.385. The van der Waals surface area contributed by atoms with Gasteiger partial charge in [0, 0.05) is 31.1 Å². The van der Waals surface area contributed by atoms with Crippen molar-refractivity contribution in [3.63, 3.8) is 0 Å². The highest BCUT2D eigenvalue weighted by molar-refractivity contribution is 5.89. The minimum absolute atomic E-state index is 0.106. The van der Waals surface area contributed by atoms with E-state index in [0.717, 1.165) is 16.7 Å². The van der Waals surface area contributed by atoms with Crippen molar-refractivity contribution in [2.24, 2.45) is 5.92 Å². The zero-order valence-electron chi connectivity index (χ0n) is 21.0. The van der Waals surface area contributed by atoms with Gasteiger partial charge in [-0.2, -0.15) is 0 Å². The Morgan fingerprint density at radius 1 is 0.917 bits per heavy atom. The zero-order valence-corrected chi connectivity index (χ0v) is 21.0. The molecular weight excluding hydrogens is 454 g/mol. The number of para-hydroxylation sites is 1. The summed E-state index contributed by atoms with van der Waals surface area (Å²) in [4.78, 5) is 39.9. The van der Waals surface area contributed by atoms with Gasteiger partial charge >= 0.3 is 0 Å². The van der Waals surface area contributed by atoms with E-state index in [9.17, 15) is 19.7 Å². The molecule has 7 nitrogen and oxygen atoms in total. The van der Waals surface area contributed by atoms with Crippen LogP contribution in [0.5, 0.6) is 0 Å². The molecule has 36 heavy (non-hydrogen) atoms. The van der Waals surface area contributed by atoms with E-state index >= 15 is 0 Å². The summed E-state index contributed by atoms with van der Waals surface area (Å²) in [5.74, 6) is -0.330. The second-order valence-electron chi connectivity index (χ2n) is 9.36. The standard InChI is InChI=1S/C29H33N3O4/c1-21(2)19-30-29(34)27(17-23-12-5-4-6-13-23)31(20-25-15-8-7-11-22(25)3)28(33)18-24-14-9-10-16-26(24)32(35)36/h4-16,21,27H,17-20H2,1-3H3,(H,30,34). The molecule has 0 aliphatic heterocycles. The van der Waals surface area contributed by atoms with Gasteiger partial charge in [0.25, 0.3) is 5.69 Å². The lowest BCUT2D eigenvalue weighted by Crippen LogP contribution is -2.51. The molecule has 0 saturated carbocycles. The molecule has 3 aromatic carbocycles. The van der Waals surface area contributed by atoms with Gasteiger partial charge in [-0.3, -0.25) is 19.7 Å². The summed E-state index contributed by atoms with van der Waals surface area (Å²) in [5.41, 5.74) is 3.06. The first-order valence-corrected chi connectivity index (χ1v) is 12.1. The minimum atomic E-state index is -0.777. The highest BCUT2D eigenvalue weighted by Gasteiger charge is 2.31. The molecular formula is C29H33N3O4. The Morgan fingerprint density at radius 2 is 1.53 bits per heavy atom. The van der Waals surface area contributed by atoms with Crippen molar-refractivity contribution < 1.29 is 14.5 Å². The molecule has 2 amide bonds. The van der Waals surface area contributed by atoms with Crippen LogP contribution in [0.2, 0.25) is 0 Å². The third kappa shape index (κ3) is 7.25. The normalized spacial score (nSPS) is 11.7. The summed E-state index contributed by atoms with van der Waals surface area (Å²) in [6.45, 7) is 6.69. The summed E-state index contributed by atoms with van der Waals surface area (Å²) in [7, 11) is 0. The topological polar surface area (TPSA) is 92.6 Å². The lowest BCUT2D eigenvalue weighted by Gasteiger charge is -2.32. The molecule has 1 atom stereocenters. The quantitative estimate of drug-likeness (QED) is 0.309. The Hall–Kier alpha value is -4.00. The number of carbonyl (C=O) groups is 2. The van der Waals surface area contributed by atoms with E-state index in [4.69, 9.17) is 0 Å². The number of amides is 2.